The van der Waals surface area contributed by atoms with Gasteiger partial charge in [-0.05, 0) is 48.1 Å². The lowest BCUT2D eigenvalue weighted by atomic mass is 9.92. The van der Waals surface area contributed by atoms with Crippen molar-refractivity contribution >= 4 is 22.9 Å². The van der Waals surface area contributed by atoms with Crippen LogP contribution in [0.2, 0.25) is 0 Å². The first-order chi connectivity index (χ1) is 13.5. The molecule has 1 aromatic heterocycles. The Morgan fingerprint density at radius 2 is 1.93 bits per heavy atom. The van der Waals surface area contributed by atoms with E-state index in [0.717, 1.165) is 28.5 Å². The summed E-state index contributed by atoms with van der Waals surface area (Å²) in [5.41, 5.74) is 2.46. The second-order valence-electron chi connectivity index (χ2n) is 7.47. The molecule has 140 valence electrons. The fourth-order valence-corrected chi connectivity index (χ4v) is 4.37. The molecule has 1 N–H and O–H groups in total. The Kier molecular flexibility index (Phi) is 3.46. The molecular weight excluding hydrogens is 356 g/mol. The maximum absolute atomic E-state index is 13.3. The van der Waals surface area contributed by atoms with Crippen LogP contribution in [-0.4, -0.2) is 16.8 Å². The molecule has 2 aliphatic rings. The van der Waals surface area contributed by atoms with E-state index in [1.807, 2.05) is 43.3 Å². The number of imide groups is 1. The van der Waals surface area contributed by atoms with Crippen LogP contribution in [0, 0.1) is 6.92 Å². The number of hydrogen-bond acceptors (Lipinski definition) is 4. The van der Waals surface area contributed by atoms with Crippen molar-refractivity contribution in [2.24, 2.45) is 0 Å². The zero-order chi connectivity index (χ0) is 19.5. The molecule has 1 aliphatic heterocycles. The number of aryl methyl sites for hydroxylation is 2. The van der Waals surface area contributed by atoms with Crippen molar-refractivity contribution in [1.82, 2.24) is 10.2 Å². The summed E-state index contributed by atoms with van der Waals surface area (Å²) < 4.78 is 5.28. The molecule has 6 nitrogen and oxygen atoms in total. The average Bonchev–Trinajstić information content (AvgIpc) is 3.15. The molecule has 3 aromatic rings. The third-order valence-electron chi connectivity index (χ3n) is 5.74. The van der Waals surface area contributed by atoms with E-state index in [9.17, 15) is 14.4 Å². The summed E-state index contributed by atoms with van der Waals surface area (Å²) in [5.74, 6) is -0.268. The molecule has 1 aliphatic carbocycles. The molecule has 2 heterocycles. The molecule has 28 heavy (non-hydrogen) atoms. The van der Waals surface area contributed by atoms with Crippen LogP contribution < -0.4 is 10.9 Å². The molecule has 1 spiro atoms. The molecule has 0 unspecified atom stereocenters. The minimum Gasteiger partial charge on any atom is -0.423 e. The highest BCUT2D eigenvalue weighted by Crippen LogP contribution is 2.41. The number of benzene rings is 2. The van der Waals surface area contributed by atoms with E-state index in [1.165, 1.54) is 11.0 Å². The second-order valence-corrected chi connectivity index (χ2v) is 7.47. The number of fused-ring (bicyclic) bond motifs is 3. The maximum atomic E-state index is 13.3. The van der Waals surface area contributed by atoms with E-state index in [0.29, 0.717) is 17.6 Å². The monoisotopic (exact) mass is 374 g/mol. The SMILES string of the molecule is Cc1ccc2c(CN3C(=O)N[C@@]4(CCc5ccccc54)C3=O)cc(=O)oc2c1. The number of carbonyl (C=O) groups excluding carboxylic acids is 2. The quantitative estimate of drug-likeness (QED) is 0.552. The Morgan fingerprint density at radius 3 is 2.79 bits per heavy atom. The Hall–Kier alpha value is -3.41. The summed E-state index contributed by atoms with van der Waals surface area (Å²) in [7, 11) is 0. The summed E-state index contributed by atoms with van der Waals surface area (Å²) in [6.45, 7) is 1.94. The highest BCUT2D eigenvalue weighted by molar-refractivity contribution is 6.08. The van der Waals surface area contributed by atoms with Gasteiger partial charge in [-0.25, -0.2) is 9.59 Å². The number of nitrogens with one attached hydrogen (secondary N) is 1. The van der Waals surface area contributed by atoms with E-state index < -0.39 is 17.2 Å². The van der Waals surface area contributed by atoms with Gasteiger partial charge < -0.3 is 9.73 Å². The number of nitrogens with zero attached hydrogens (tertiary/aromatic N) is 1. The Labute approximate surface area is 160 Å². The second kappa shape index (κ2) is 5.79. The van der Waals surface area contributed by atoms with Crippen molar-refractivity contribution in [2.45, 2.75) is 31.8 Å². The van der Waals surface area contributed by atoms with E-state index in [2.05, 4.69) is 5.32 Å². The van der Waals surface area contributed by atoms with Crippen molar-refractivity contribution in [2.75, 3.05) is 0 Å². The normalized spacial score (nSPS) is 20.8. The molecule has 2 aromatic carbocycles. The average molecular weight is 374 g/mol. The third kappa shape index (κ3) is 2.30. The van der Waals surface area contributed by atoms with Crippen LogP contribution in [0.25, 0.3) is 11.0 Å². The highest BCUT2D eigenvalue weighted by atomic mass is 16.4. The van der Waals surface area contributed by atoms with E-state index in [-0.39, 0.29) is 12.5 Å². The third-order valence-corrected chi connectivity index (χ3v) is 5.74. The zero-order valence-electron chi connectivity index (χ0n) is 15.3. The van der Waals surface area contributed by atoms with Crippen LogP contribution in [0.4, 0.5) is 4.79 Å². The number of rotatable bonds is 2. The first-order valence-electron chi connectivity index (χ1n) is 9.24. The lowest BCUT2D eigenvalue weighted by Crippen LogP contribution is -2.41. The van der Waals surface area contributed by atoms with Gasteiger partial charge >= 0.3 is 11.7 Å². The van der Waals surface area contributed by atoms with Crippen LogP contribution in [-0.2, 0) is 23.3 Å². The smallest absolute Gasteiger partial charge is 0.336 e. The van der Waals surface area contributed by atoms with Gasteiger partial charge in [0.15, 0.2) is 0 Å². The molecule has 5 rings (SSSR count). The lowest BCUT2D eigenvalue weighted by molar-refractivity contribution is -0.132. The lowest BCUT2D eigenvalue weighted by Gasteiger charge is -2.22. The van der Waals surface area contributed by atoms with Crippen LogP contribution in [0.5, 0.6) is 0 Å². The summed E-state index contributed by atoms with van der Waals surface area (Å²) in [4.78, 5) is 39.3. The minimum atomic E-state index is -1.00. The Balaban J connectivity index is 1.56. The van der Waals surface area contributed by atoms with E-state index in [1.54, 1.807) is 6.07 Å². The Morgan fingerprint density at radius 1 is 1.11 bits per heavy atom. The molecule has 0 saturated carbocycles. The predicted octanol–water partition coefficient (Wildman–Crippen LogP) is 2.99. The first kappa shape index (κ1) is 16.7. The van der Waals surface area contributed by atoms with Crippen molar-refractivity contribution in [3.8, 4) is 0 Å². The fourth-order valence-electron chi connectivity index (χ4n) is 4.37. The van der Waals surface area contributed by atoms with Gasteiger partial charge in [-0.15, -0.1) is 0 Å². The Bertz CT molecular complexity index is 1210. The van der Waals surface area contributed by atoms with Crippen LogP contribution in [0.15, 0.2) is 57.7 Å². The summed E-state index contributed by atoms with van der Waals surface area (Å²) >= 11 is 0. The van der Waals surface area contributed by atoms with E-state index in [4.69, 9.17) is 4.42 Å². The molecule has 1 fully saturated rings. The van der Waals surface area contributed by atoms with Crippen molar-refractivity contribution < 1.29 is 14.0 Å². The molecule has 1 atom stereocenters. The van der Waals surface area contributed by atoms with Gasteiger partial charge in [-0.1, -0.05) is 36.4 Å². The van der Waals surface area contributed by atoms with Crippen LogP contribution in [0.3, 0.4) is 0 Å². The number of amides is 3. The topological polar surface area (TPSA) is 79.6 Å². The van der Waals surface area contributed by atoms with Gasteiger partial charge in [0, 0.05) is 11.5 Å². The van der Waals surface area contributed by atoms with Gasteiger partial charge in [0.25, 0.3) is 5.91 Å². The first-order valence-corrected chi connectivity index (χ1v) is 9.24. The molecule has 6 heteroatoms. The largest absolute Gasteiger partial charge is 0.423 e. The number of carbonyl (C=O) groups is 2. The van der Waals surface area contributed by atoms with Gasteiger partial charge in [-0.3, -0.25) is 9.69 Å². The maximum Gasteiger partial charge on any atom is 0.336 e. The van der Waals surface area contributed by atoms with Crippen LogP contribution in [0.1, 0.15) is 28.7 Å². The molecule has 3 amide bonds. The van der Waals surface area contributed by atoms with Crippen molar-refractivity contribution in [3.63, 3.8) is 0 Å². The van der Waals surface area contributed by atoms with Gasteiger partial charge in [0.05, 0.1) is 6.54 Å². The zero-order valence-corrected chi connectivity index (χ0v) is 15.3. The highest BCUT2D eigenvalue weighted by Gasteiger charge is 2.55. The minimum absolute atomic E-state index is 0.0275. The fraction of sp³-hybridized carbons (Fsp3) is 0.227. The van der Waals surface area contributed by atoms with Gasteiger partial charge in [0.1, 0.15) is 11.1 Å². The van der Waals surface area contributed by atoms with Gasteiger partial charge in [0.2, 0.25) is 0 Å². The summed E-state index contributed by atoms with van der Waals surface area (Å²) in [6.07, 6.45) is 1.29. The van der Waals surface area contributed by atoms with Crippen LogP contribution >= 0.6 is 0 Å². The van der Waals surface area contributed by atoms with Crippen molar-refractivity contribution in [3.05, 3.63) is 81.2 Å². The molecular formula is C22H18N2O4. The van der Waals surface area contributed by atoms with Gasteiger partial charge in [-0.2, -0.15) is 0 Å². The molecule has 1 saturated heterocycles. The molecule has 0 bridgehead atoms. The number of urea groups is 1. The summed E-state index contributed by atoms with van der Waals surface area (Å²) in [6, 6.07) is 14.2. The summed E-state index contributed by atoms with van der Waals surface area (Å²) in [5, 5.41) is 3.63. The standard InChI is InChI=1S/C22H18N2O4/c1-13-6-7-16-15(11-19(25)28-18(16)10-13)12-24-20(26)22(23-21(24)27)9-8-14-4-2-3-5-17(14)22/h2-7,10-11H,8-9,12H2,1H3,(H,23,27)/t22-/m1/s1. The number of hydrogen-bond donors (Lipinski definition) is 1. The predicted molar refractivity (Wildman–Crippen MR) is 103 cm³/mol. The van der Waals surface area contributed by atoms with E-state index >= 15 is 0 Å². The van der Waals surface area contributed by atoms with Crippen molar-refractivity contribution in [1.29, 1.82) is 0 Å². The molecule has 0 radical (unpaired) electrons.